The number of nitrogens with one attached hydrogen (secondary N) is 1. The summed E-state index contributed by atoms with van der Waals surface area (Å²) in [5.74, 6) is 0.874. The number of aromatic nitrogens is 1. The Balaban J connectivity index is 2.16. The molecule has 2 rings (SSSR count). The van der Waals surface area contributed by atoms with E-state index >= 15 is 0 Å². The fourth-order valence-electron chi connectivity index (χ4n) is 1.81. The number of pyridine rings is 1. The molecule has 3 nitrogen and oxygen atoms in total. The number of benzene rings is 1. The van der Waals surface area contributed by atoms with Gasteiger partial charge in [-0.1, -0.05) is 29.8 Å². The average molecular weight is 263 g/mol. The van der Waals surface area contributed by atoms with Gasteiger partial charge in [0.05, 0.1) is 25.0 Å². The number of para-hydroxylation sites is 1. The van der Waals surface area contributed by atoms with Gasteiger partial charge in [0.1, 0.15) is 10.9 Å². The first-order valence-electron chi connectivity index (χ1n) is 5.71. The summed E-state index contributed by atoms with van der Waals surface area (Å²) < 4.78 is 5.35. The van der Waals surface area contributed by atoms with Crippen LogP contribution in [0, 0.1) is 0 Å². The molecule has 0 spiro atoms. The van der Waals surface area contributed by atoms with Crippen LogP contribution in [0.25, 0.3) is 0 Å². The van der Waals surface area contributed by atoms with Crippen molar-refractivity contribution >= 4 is 17.3 Å². The van der Waals surface area contributed by atoms with Crippen LogP contribution in [0.15, 0.2) is 42.6 Å². The molecule has 0 radical (unpaired) electrons. The predicted octanol–water partition coefficient (Wildman–Crippen LogP) is 3.92. The molecule has 0 aliphatic rings. The third-order valence-corrected chi connectivity index (χ3v) is 2.94. The van der Waals surface area contributed by atoms with Crippen LogP contribution in [0.2, 0.25) is 5.15 Å². The highest BCUT2D eigenvalue weighted by Crippen LogP contribution is 2.27. The van der Waals surface area contributed by atoms with Crippen LogP contribution in [-0.2, 0) is 0 Å². The number of hydrogen-bond acceptors (Lipinski definition) is 3. The van der Waals surface area contributed by atoms with E-state index in [0.29, 0.717) is 5.15 Å². The number of rotatable bonds is 4. The first-order chi connectivity index (χ1) is 8.70. The van der Waals surface area contributed by atoms with Crippen LogP contribution in [0.4, 0.5) is 5.69 Å². The van der Waals surface area contributed by atoms with E-state index in [1.54, 1.807) is 19.4 Å². The summed E-state index contributed by atoms with van der Waals surface area (Å²) in [6.07, 6.45) is 1.72. The Labute approximate surface area is 112 Å². The molecule has 18 heavy (non-hydrogen) atoms. The van der Waals surface area contributed by atoms with E-state index in [9.17, 15) is 0 Å². The molecule has 4 heteroatoms. The molecule has 0 bridgehead atoms. The molecule has 0 aliphatic heterocycles. The Morgan fingerprint density at radius 3 is 2.67 bits per heavy atom. The Morgan fingerprint density at radius 1 is 1.22 bits per heavy atom. The van der Waals surface area contributed by atoms with Crippen molar-refractivity contribution in [2.24, 2.45) is 0 Å². The Kier molecular flexibility index (Phi) is 4.05. The minimum atomic E-state index is 0.129. The molecule has 0 fully saturated rings. The minimum Gasteiger partial charge on any atom is -0.496 e. The molecule has 0 amide bonds. The summed E-state index contributed by atoms with van der Waals surface area (Å²) in [6, 6.07) is 11.7. The normalized spacial score (nSPS) is 11.9. The van der Waals surface area contributed by atoms with Crippen LogP contribution in [0.5, 0.6) is 5.75 Å². The molecule has 2 aromatic rings. The van der Waals surface area contributed by atoms with Crippen molar-refractivity contribution in [3.63, 3.8) is 0 Å². The van der Waals surface area contributed by atoms with Gasteiger partial charge in [0.15, 0.2) is 0 Å². The van der Waals surface area contributed by atoms with Gasteiger partial charge >= 0.3 is 0 Å². The van der Waals surface area contributed by atoms with Crippen molar-refractivity contribution in [1.29, 1.82) is 0 Å². The van der Waals surface area contributed by atoms with Crippen molar-refractivity contribution in [1.82, 2.24) is 4.98 Å². The summed E-state index contributed by atoms with van der Waals surface area (Å²) in [7, 11) is 1.68. The SMILES string of the molecule is COc1ccccc1C(C)Nc1ccc(Cl)nc1. The second kappa shape index (κ2) is 5.74. The number of hydrogen-bond donors (Lipinski definition) is 1. The molecule has 94 valence electrons. The third kappa shape index (κ3) is 2.93. The summed E-state index contributed by atoms with van der Waals surface area (Å²) in [5.41, 5.74) is 2.03. The molecule has 1 unspecified atom stereocenters. The van der Waals surface area contributed by atoms with E-state index in [4.69, 9.17) is 16.3 Å². The number of nitrogens with zero attached hydrogens (tertiary/aromatic N) is 1. The quantitative estimate of drug-likeness (QED) is 0.848. The largest absolute Gasteiger partial charge is 0.496 e. The molecule has 0 saturated heterocycles. The van der Waals surface area contributed by atoms with Crippen LogP contribution in [0.3, 0.4) is 0 Å². The van der Waals surface area contributed by atoms with Crippen LogP contribution in [-0.4, -0.2) is 12.1 Å². The van der Waals surface area contributed by atoms with E-state index in [1.807, 2.05) is 30.3 Å². The zero-order chi connectivity index (χ0) is 13.0. The van der Waals surface area contributed by atoms with Gasteiger partial charge in [0.25, 0.3) is 0 Å². The van der Waals surface area contributed by atoms with E-state index in [2.05, 4.69) is 17.2 Å². The molecule has 1 aromatic carbocycles. The van der Waals surface area contributed by atoms with Crippen LogP contribution >= 0.6 is 11.6 Å². The summed E-state index contributed by atoms with van der Waals surface area (Å²) in [5, 5.41) is 3.85. The van der Waals surface area contributed by atoms with Gasteiger partial charge in [0, 0.05) is 5.56 Å². The minimum absolute atomic E-state index is 0.129. The van der Waals surface area contributed by atoms with Crippen LogP contribution in [0.1, 0.15) is 18.5 Å². The lowest BCUT2D eigenvalue weighted by Crippen LogP contribution is -2.08. The van der Waals surface area contributed by atoms with Gasteiger partial charge in [-0.25, -0.2) is 4.98 Å². The standard InChI is InChI=1S/C14H15ClN2O/c1-10(12-5-3-4-6-13(12)18-2)17-11-7-8-14(15)16-9-11/h3-10,17H,1-2H3. The Hall–Kier alpha value is -1.74. The molecule has 0 saturated carbocycles. The number of anilines is 1. The fourth-order valence-corrected chi connectivity index (χ4v) is 1.92. The fraction of sp³-hybridized carbons (Fsp3) is 0.214. The van der Waals surface area contributed by atoms with Gasteiger partial charge < -0.3 is 10.1 Å². The van der Waals surface area contributed by atoms with Crippen molar-refractivity contribution < 1.29 is 4.74 Å². The zero-order valence-corrected chi connectivity index (χ0v) is 11.1. The molecule has 1 atom stereocenters. The van der Waals surface area contributed by atoms with Gasteiger partial charge in [-0.15, -0.1) is 0 Å². The summed E-state index contributed by atoms with van der Waals surface area (Å²) in [6.45, 7) is 2.08. The first-order valence-corrected chi connectivity index (χ1v) is 6.09. The highest BCUT2D eigenvalue weighted by atomic mass is 35.5. The summed E-state index contributed by atoms with van der Waals surface area (Å²) >= 11 is 5.75. The third-order valence-electron chi connectivity index (χ3n) is 2.72. The lowest BCUT2D eigenvalue weighted by Gasteiger charge is -2.18. The monoisotopic (exact) mass is 262 g/mol. The summed E-state index contributed by atoms with van der Waals surface area (Å²) in [4.78, 5) is 4.04. The topological polar surface area (TPSA) is 34.1 Å². The zero-order valence-electron chi connectivity index (χ0n) is 10.4. The molecule has 1 heterocycles. The van der Waals surface area contributed by atoms with Crippen LogP contribution < -0.4 is 10.1 Å². The first kappa shape index (κ1) is 12.7. The second-order valence-corrected chi connectivity index (χ2v) is 4.36. The predicted molar refractivity (Wildman–Crippen MR) is 74.3 cm³/mol. The number of ether oxygens (including phenoxy) is 1. The average Bonchev–Trinajstić information content (AvgIpc) is 2.41. The molecular formula is C14H15ClN2O. The number of methoxy groups -OCH3 is 1. The maximum Gasteiger partial charge on any atom is 0.129 e. The van der Waals surface area contributed by atoms with E-state index < -0.39 is 0 Å². The van der Waals surface area contributed by atoms with Gasteiger partial charge in [-0.3, -0.25) is 0 Å². The van der Waals surface area contributed by atoms with Crippen molar-refractivity contribution in [2.75, 3.05) is 12.4 Å². The maximum atomic E-state index is 5.75. The molecule has 0 aliphatic carbocycles. The van der Waals surface area contributed by atoms with Gasteiger partial charge in [0.2, 0.25) is 0 Å². The highest BCUT2D eigenvalue weighted by molar-refractivity contribution is 6.29. The molecule has 1 N–H and O–H groups in total. The van der Waals surface area contributed by atoms with Crippen molar-refractivity contribution in [3.05, 3.63) is 53.3 Å². The van der Waals surface area contributed by atoms with Crippen molar-refractivity contribution in [2.45, 2.75) is 13.0 Å². The molecular weight excluding hydrogens is 248 g/mol. The van der Waals surface area contributed by atoms with Gasteiger partial charge in [-0.2, -0.15) is 0 Å². The van der Waals surface area contributed by atoms with Gasteiger partial charge in [-0.05, 0) is 25.1 Å². The Bertz CT molecular complexity index is 513. The smallest absolute Gasteiger partial charge is 0.129 e. The second-order valence-electron chi connectivity index (χ2n) is 3.98. The van der Waals surface area contributed by atoms with Crippen molar-refractivity contribution in [3.8, 4) is 5.75 Å². The molecule has 1 aromatic heterocycles. The lowest BCUT2D eigenvalue weighted by molar-refractivity contribution is 0.408. The number of halogens is 1. The van der Waals surface area contributed by atoms with E-state index in [1.165, 1.54) is 0 Å². The lowest BCUT2D eigenvalue weighted by atomic mass is 10.1. The highest BCUT2D eigenvalue weighted by Gasteiger charge is 2.10. The maximum absolute atomic E-state index is 5.75. The Morgan fingerprint density at radius 2 is 2.00 bits per heavy atom. The van der Waals surface area contributed by atoms with E-state index in [0.717, 1.165) is 17.0 Å². The van der Waals surface area contributed by atoms with E-state index in [-0.39, 0.29) is 6.04 Å².